The number of benzene rings is 1. The van der Waals surface area contributed by atoms with Crippen LogP contribution >= 0.6 is 0 Å². The van der Waals surface area contributed by atoms with Crippen LogP contribution < -0.4 is 11.2 Å². The van der Waals surface area contributed by atoms with Gasteiger partial charge in [-0.05, 0) is 30.7 Å². The molecule has 2 rings (SSSR count). The first-order valence-corrected chi connectivity index (χ1v) is 5.62. The number of rotatable bonds is 2. The van der Waals surface area contributed by atoms with E-state index in [1.807, 2.05) is 0 Å². The Bertz CT molecular complexity index is 599. The van der Waals surface area contributed by atoms with Gasteiger partial charge in [0.05, 0.1) is 0 Å². The maximum Gasteiger partial charge on any atom is 0.572 e. The van der Waals surface area contributed by atoms with Crippen molar-refractivity contribution in [2.75, 3.05) is 12.8 Å². The van der Waals surface area contributed by atoms with Crippen LogP contribution in [-0.4, -0.2) is 31.0 Å². The third kappa shape index (κ3) is 2.49. The van der Waals surface area contributed by atoms with E-state index in [-0.39, 0.29) is 28.3 Å². The lowest BCUT2D eigenvalue weighted by molar-refractivity contribution is -0.121. The Morgan fingerprint density at radius 2 is 2.11 bits per heavy atom. The van der Waals surface area contributed by atoms with Gasteiger partial charge in [-0.15, -0.1) is 0 Å². The van der Waals surface area contributed by atoms with Crippen molar-refractivity contribution < 1.29 is 13.4 Å². The van der Waals surface area contributed by atoms with Crippen LogP contribution in [0.3, 0.4) is 0 Å². The van der Waals surface area contributed by atoms with E-state index in [1.54, 1.807) is 14.0 Å². The second-order valence-corrected chi connectivity index (χ2v) is 4.24. The van der Waals surface area contributed by atoms with Gasteiger partial charge in [0.25, 0.3) is 5.91 Å². The molecule has 2 N–H and O–H groups in total. The van der Waals surface area contributed by atoms with E-state index in [2.05, 4.69) is 4.99 Å². The number of hydrogen-bond donors (Lipinski definition) is 1. The van der Waals surface area contributed by atoms with E-state index in [4.69, 9.17) is 5.73 Å². The Balaban J connectivity index is 2.47. The quantitative estimate of drug-likeness (QED) is 0.494. The molecular weight excluding hydrogens is 251 g/mol. The van der Waals surface area contributed by atoms with Crippen LogP contribution in [0.1, 0.15) is 12.5 Å². The van der Waals surface area contributed by atoms with Crippen LogP contribution in [0.4, 0.5) is 14.3 Å². The maximum absolute atomic E-state index is 12.9. The van der Waals surface area contributed by atoms with Gasteiger partial charge in [-0.3, -0.25) is 18.3 Å². The molecule has 0 radical (unpaired) electrons. The number of halogens is 2. The van der Waals surface area contributed by atoms with E-state index < -0.39 is 7.27 Å². The average molecular weight is 263 g/mol. The lowest BCUT2D eigenvalue weighted by atomic mass is 9.81. The number of amides is 1. The number of anilines is 1. The summed E-state index contributed by atoms with van der Waals surface area (Å²) >= 11 is 0. The van der Waals surface area contributed by atoms with E-state index in [0.29, 0.717) is 5.84 Å². The normalized spacial score (nSPS) is 17.1. The molecule has 98 valence electrons. The van der Waals surface area contributed by atoms with Gasteiger partial charge in [-0.1, -0.05) is 6.07 Å². The Kier molecular flexibility index (Phi) is 3.37. The minimum Gasteiger partial charge on any atom is -0.399 e. The summed E-state index contributed by atoms with van der Waals surface area (Å²) in [6.07, 6.45) is 1.36. The molecule has 0 bridgehead atoms. The Hall–Kier alpha value is -2.18. The summed E-state index contributed by atoms with van der Waals surface area (Å²) in [6, 6.07) is 4.18. The minimum atomic E-state index is -2.66. The van der Waals surface area contributed by atoms with Crippen LogP contribution in [0.2, 0.25) is 0 Å². The average Bonchev–Trinajstić information content (AvgIpc) is 2.59. The SMILES string of the molecule is CC1=N/C(=C\c2ccc(N)cc2B(F)F)C(=O)N1C. The van der Waals surface area contributed by atoms with E-state index >= 15 is 0 Å². The molecule has 0 atom stereocenters. The summed E-state index contributed by atoms with van der Waals surface area (Å²) < 4.78 is 25.8. The van der Waals surface area contributed by atoms with Crippen molar-refractivity contribution in [3.63, 3.8) is 0 Å². The molecule has 0 saturated carbocycles. The number of carbonyl (C=O) groups excluding carboxylic acids is 1. The molecule has 1 heterocycles. The summed E-state index contributed by atoms with van der Waals surface area (Å²) in [5.41, 5.74) is 5.93. The van der Waals surface area contributed by atoms with Crippen molar-refractivity contribution in [2.45, 2.75) is 6.92 Å². The van der Waals surface area contributed by atoms with Gasteiger partial charge in [0.15, 0.2) is 0 Å². The molecule has 1 aromatic carbocycles. The van der Waals surface area contributed by atoms with Gasteiger partial charge >= 0.3 is 7.27 Å². The largest absolute Gasteiger partial charge is 0.572 e. The first-order chi connectivity index (χ1) is 8.90. The predicted octanol–water partition coefficient (Wildman–Crippen LogP) is 1.13. The fourth-order valence-electron chi connectivity index (χ4n) is 1.77. The van der Waals surface area contributed by atoms with Crippen molar-refractivity contribution in [3.05, 3.63) is 29.5 Å². The second-order valence-electron chi connectivity index (χ2n) is 4.24. The zero-order chi connectivity index (χ0) is 14.2. The summed E-state index contributed by atoms with van der Waals surface area (Å²) in [4.78, 5) is 17.2. The van der Waals surface area contributed by atoms with Crippen LogP contribution in [0, 0.1) is 0 Å². The highest BCUT2D eigenvalue weighted by atomic mass is 19.2. The Morgan fingerprint density at radius 3 is 2.63 bits per heavy atom. The van der Waals surface area contributed by atoms with E-state index in [1.165, 1.54) is 29.2 Å². The standard InChI is InChI=1S/C12H12BF2N3O/c1-7-17-11(12(19)18(7)2)5-8-3-4-9(16)6-10(8)13(14)15/h3-6H,16H2,1-2H3/b11-5-. The molecule has 4 nitrogen and oxygen atoms in total. The summed E-state index contributed by atoms with van der Waals surface area (Å²) in [6.45, 7) is 1.68. The number of nitrogen functional groups attached to an aromatic ring is 1. The summed E-state index contributed by atoms with van der Waals surface area (Å²) in [5, 5.41) is 0. The number of nitrogens with two attached hydrogens (primary N) is 1. The minimum absolute atomic E-state index is 0.145. The van der Waals surface area contributed by atoms with Crippen LogP contribution in [0.5, 0.6) is 0 Å². The number of aliphatic imine (C=N–C) groups is 1. The van der Waals surface area contributed by atoms with Crippen molar-refractivity contribution in [1.29, 1.82) is 0 Å². The highest BCUT2D eigenvalue weighted by Crippen LogP contribution is 2.17. The van der Waals surface area contributed by atoms with Crippen LogP contribution in [0.25, 0.3) is 6.08 Å². The fraction of sp³-hybridized carbons (Fsp3) is 0.167. The van der Waals surface area contributed by atoms with Crippen molar-refractivity contribution in [3.8, 4) is 0 Å². The zero-order valence-corrected chi connectivity index (χ0v) is 10.5. The van der Waals surface area contributed by atoms with Gasteiger partial charge in [0, 0.05) is 18.2 Å². The third-order valence-electron chi connectivity index (χ3n) is 2.93. The molecular formula is C12H12BF2N3O. The van der Waals surface area contributed by atoms with Gasteiger partial charge in [-0.2, -0.15) is 0 Å². The number of amidine groups is 1. The monoisotopic (exact) mass is 263 g/mol. The Morgan fingerprint density at radius 1 is 1.42 bits per heavy atom. The molecule has 1 amide bonds. The highest BCUT2D eigenvalue weighted by molar-refractivity contribution is 6.61. The number of nitrogens with zero attached hydrogens (tertiary/aromatic N) is 2. The number of hydrogen-bond acceptors (Lipinski definition) is 3. The smallest absolute Gasteiger partial charge is 0.399 e. The third-order valence-corrected chi connectivity index (χ3v) is 2.93. The fourth-order valence-corrected chi connectivity index (χ4v) is 1.77. The molecule has 0 aromatic heterocycles. The molecule has 0 saturated heterocycles. The molecule has 1 aromatic rings. The first-order valence-electron chi connectivity index (χ1n) is 5.62. The topological polar surface area (TPSA) is 58.7 Å². The lowest BCUT2D eigenvalue weighted by Gasteiger charge is -2.07. The van der Waals surface area contributed by atoms with Gasteiger partial charge in [0.1, 0.15) is 11.5 Å². The lowest BCUT2D eigenvalue weighted by Crippen LogP contribution is -2.26. The Labute approximate surface area is 109 Å². The molecule has 0 aliphatic carbocycles. The highest BCUT2D eigenvalue weighted by Gasteiger charge is 2.25. The van der Waals surface area contributed by atoms with E-state index in [9.17, 15) is 13.4 Å². The van der Waals surface area contributed by atoms with Crippen LogP contribution in [0.15, 0.2) is 28.9 Å². The molecule has 7 heteroatoms. The number of carbonyl (C=O) groups is 1. The second kappa shape index (κ2) is 4.83. The molecule has 1 aliphatic rings. The van der Waals surface area contributed by atoms with Crippen molar-refractivity contribution >= 4 is 36.2 Å². The van der Waals surface area contributed by atoms with E-state index in [0.717, 1.165) is 0 Å². The molecule has 0 spiro atoms. The molecule has 1 aliphatic heterocycles. The predicted molar refractivity (Wildman–Crippen MR) is 72.3 cm³/mol. The molecule has 0 unspecified atom stereocenters. The van der Waals surface area contributed by atoms with Crippen molar-refractivity contribution in [2.24, 2.45) is 4.99 Å². The van der Waals surface area contributed by atoms with Gasteiger partial charge < -0.3 is 5.73 Å². The summed E-state index contributed by atoms with van der Waals surface area (Å²) in [5.74, 6) is 0.222. The maximum atomic E-state index is 12.9. The molecule has 0 fully saturated rings. The van der Waals surface area contributed by atoms with Gasteiger partial charge in [0.2, 0.25) is 0 Å². The first kappa shape index (κ1) is 13.3. The zero-order valence-electron chi connectivity index (χ0n) is 10.5. The van der Waals surface area contributed by atoms with Crippen molar-refractivity contribution in [1.82, 2.24) is 4.90 Å². The molecule has 19 heavy (non-hydrogen) atoms. The van der Waals surface area contributed by atoms with Gasteiger partial charge in [-0.25, -0.2) is 4.99 Å². The number of likely N-dealkylation sites (N-methyl/N-ethyl adjacent to an activating group) is 1. The van der Waals surface area contributed by atoms with Crippen LogP contribution in [-0.2, 0) is 4.79 Å². The summed E-state index contributed by atoms with van der Waals surface area (Å²) in [7, 11) is -1.08.